The molecule has 1 aromatic carbocycles. The van der Waals surface area contributed by atoms with Crippen LogP contribution in [0, 0.1) is 5.92 Å². The highest BCUT2D eigenvalue weighted by Crippen LogP contribution is 2.43. The minimum absolute atomic E-state index is 0.0717. The molecule has 1 fully saturated rings. The number of aromatic nitrogens is 4. The number of H-pyrrole nitrogens is 1. The number of anilines is 1. The van der Waals surface area contributed by atoms with Crippen LogP contribution in [-0.4, -0.2) is 31.9 Å². The van der Waals surface area contributed by atoms with Crippen LogP contribution >= 0.6 is 0 Å². The van der Waals surface area contributed by atoms with Crippen LogP contribution in [0.15, 0.2) is 54.0 Å². The molecule has 1 atom stereocenters. The Kier molecular flexibility index (Phi) is 4.37. The summed E-state index contributed by atoms with van der Waals surface area (Å²) in [6, 6.07) is 8.01. The van der Waals surface area contributed by atoms with E-state index in [1.807, 2.05) is 24.3 Å². The van der Waals surface area contributed by atoms with E-state index >= 15 is 0 Å². The molecule has 0 aliphatic heterocycles. The van der Waals surface area contributed by atoms with Crippen LogP contribution in [0.25, 0.3) is 11.1 Å². The molecule has 0 radical (unpaired) electrons. The molecule has 8 heteroatoms. The summed E-state index contributed by atoms with van der Waals surface area (Å²) in [5.74, 6) is 0.541. The standard InChI is InChI=1S/C19H19N7O/c20-17(26-18(27)15-9-24-25-10-15)16(13-5-6-13)12-3-1-11(2-4-12)14-7-22-19(21)23-8-14/h1-4,7-10,13,16H,5-6H2,(H,24,25)(H2,20,26,27)(H2,21,22,23). The van der Waals surface area contributed by atoms with Crippen molar-refractivity contribution in [1.82, 2.24) is 20.2 Å². The highest BCUT2D eigenvalue weighted by atomic mass is 16.1. The molecule has 1 amide bonds. The van der Waals surface area contributed by atoms with E-state index in [4.69, 9.17) is 11.5 Å². The maximum Gasteiger partial charge on any atom is 0.281 e. The van der Waals surface area contributed by atoms with Crippen molar-refractivity contribution >= 4 is 17.7 Å². The third kappa shape index (κ3) is 3.69. The van der Waals surface area contributed by atoms with Crippen LogP contribution in [0.4, 0.5) is 5.95 Å². The number of aromatic amines is 1. The molecule has 1 saturated carbocycles. The van der Waals surface area contributed by atoms with Crippen LogP contribution in [0.5, 0.6) is 0 Å². The minimum Gasteiger partial charge on any atom is -0.387 e. The molecule has 1 aliphatic carbocycles. The number of aliphatic imine (C=N–C) groups is 1. The lowest BCUT2D eigenvalue weighted by atomic mass is 9.91. The Hall–Kier alpha value is -3.55. The van der Waals surface area contributed by atoms with Gasteiger partial charge in [-0.2, -0.15) is 10.1 Å². The first-order valence-electron chi connectivity index (χ1n) is 8.67. The zero-order chi connectivity index (χ0) is 18.8. The predicted molar refractivity (Wildman–Crippen MR) is 102 cm³/mol. The Morgan fingerprint density at radius 1 is 1.11 bits per heavy atom. The Morgan fingerprint density at radius 3 is 2.41 bits per heavy atom. The van der Waals surface area contributed by atoms with Gasteiger partial charge in [-0.15, -0.1) is 0 Å². The fraction of sp³-hybridized carbons (Fsp3) is 0.211. The number of nitrogens with two attached hydrogens (primary N) is 2. The van der Waals surface area contributed by atoms with Crippen molar-refractivity contribution in [2.45, 2.75) is 18.8 Å². The summed E-state index contributed by atoms with van der Waals surface area (Å²) >= 11 is 0. The van der Waals surface area contributed by atoms with Crippen LogP contribution < -0.4 is 11.5 Å². The van der Waals surface area contributed by atoms with Gasteiger partial charge in [0.1, 0.15) is 5.84 Å². The van der Waals surface area contributed by atoms with E-state index < -0.39 is 0 Å². The van der Waals surface area contributed by atoms with Gasteiger partial charge in [0.05, 0.1) is 11.8 Å². The number of nitrogens with zero attached hydrogens (tertiary/aromatic N) is 4. The molecule has 2 heterocycles. The van der Waals surface area contributed by atoms with E-state index in [1.54, 1.807) is 12.4 Å². The summed E-state index contributed by atoms with van der Waals surface area (Å²) in [6.45, 7) is 0. The average molecular weight is 361 g/mol. The zero-order valence-corrected chi connectivity index (χ0v) is 14.5. The van der Waals surface area contributed by atoms with Crippen LogP contribution in [-0.2, 0) is 0 Å². The van der Waals surface area contributed by atoms with Gasteiger partial charge in [-0.25, -0.2) is 9.97 Å². The average Bonchev–Trinajstić information content (AvgIpc) is 3.34. The lowest BCUT2D eigenvalue weighted by Crippen LogP contribution is -2.25. The number of nitrogens with one attached hydrogen (secondary N) is 1. The third-order valence-electron chi connectivity index (χ3n) is 4.66. The van der Waals surface area contributed by atoms with Gasteiger partial charge >= 0.3 is 0 Å². The maximum absolute atomic E-state index is 12.2. The van der Waals surface area contributed by atoms with Crippen LogP contribution in [0.3, 0.4) is 0 Å². The number of carbonyl (C=O) groups excluding carboxylic acids is 1. The summed E-state index contributed by atoms with van der Waals surface area (Å²) in [5, 5.41) is 6.38. The van der Waals surface area contributed by atoms with Gasteiger partial charge in [0.2, 0.25) is 5.95 Å². The lowest BCUT2D eigenvalue weighted by Gasteiger charge is -2.16. The minimum atomic E-state index is -0.387. The van der Waals surface area contributed by atoms with E-state index in [2.05, 4.69) is 25.2 Å². The normalized spacial score (nSPS) is 15.5. The summed E-state index contributed by atoms with van der Waals surface area (Å²) < 4.78 is 0. The molecule has 3 aromatic rings. The molecular weight excluding hydrogens is 342 g/mol. The largest absolute Gasteiger partial charge is 0.387 e. The quantitative estimate of drug-likeness (QED) is 0.470. The van der Waals surface area contributed by atoms with Crippen molar-refractivity contribution < 1.29 is 4.79 Å². The second-order valence-corrected chi connectivity index (χ2v) is 6.60. The molecule has 136 valence electrons. The zero-order valence-electron chi connectivity index (χ0n) is 14.5. The molecule has 0 bridgehead atoms. The molecular formula is C19H19N7O. The molecule has 1 aliphatic rings. The number of carbonyl (C=O) groups is 1. The van der Waals surface area contributed by atoms with Crippen LogP contribution in [0.1, 0.15) is 34.7 Å². The summed E-state index contributed by atoms with van der Waals surface area (Å²) in [6.07, 6.45) is 8.48. The van der Waals surface area contributed by atoms with E-state index in [9.17, 15) is 4.79 Å². The van der Waals surface area contributed by atoms with Crippen molar-refractivity contribution in [3.63, 3.8) is 0 Å². The Balaban J connectivity index is 1.59. The predicted octanol–water partition coefficient (Wildman–Crippen LogP) is 2.14. The molecule has 5 N–H and O–H groups in total. The number of rotatable bonds is 5. The van der Waals surface area contributed by atoms with Gasteiger partial charge in [0.25, 0.3) is 5.91 Å². The van der Waals surface area contributed by atoms with Gasteiger partial charge in [-0.3, -0.25) is 9.89 Å². The van der Waals surface area contributed by atoms with E-state index in [0.29, 0.717) is 17.3 Å². The van der Waals surface area contributed by atoms with Crippen molar-refractivity contribution in [2.75, 3.05) is 5.73 Å². The summed E-state index contributed by atoms with van der Waals surface area (Å²) in [5.41, 5.74) is 15.1. The summed E-state index contributed by atoms with van der Waals surface area (Å²) in [4.78, 5) is 24.4. The maximum atomic E-state index is 12.2. The first-order chi connectivity index (χ1) is 13.1. The Bertz CT molecular complexity index is 958. The SMILES string of the molecule is NC(=NC(=O)c1cn[nH]c1)C(c1ccc(-c2cnc(N)nc2)cc1)C1CC1. The van der Waals surface area contributed by atoms with Gasteiger partial charge < -0.3 is 11.5 Å². The number of benzene rings is 1. The van der Waals surface area contributed by atoms with Gasteiger partial charge in [0, 0.05) is 30.1 Å². The highest BCUT2D eigenvalue weighted by molar-refractivity contribution is 6.04. The molecule has 27 heavy (non-hydrogen) atoms. The van der Waals surface area contributed by atoms with E-state index in [1.165, 1.54) is 12.4 Å². The fourth-order valence-corrected chi connectivity index (χ4v) is 3.10. The number of amidine groups is 1. The number of nitrogen functional groups attached to an aromatic ring is 1. The van der Waals surface area contributed by atoms with Gasteiger partial charge in [-0.1, -0.05) is 24.3 Å². The molecule has 8 nitrogen and oxygen atoms in total. The Labute approximate surface area is 155 Å². The van der Waals surface area contributed by atoms with E-state index in [-0.39, 0.29) is 17.8 Å². The van der Waals surface area contributed by atoms with E-state index in [0.717, 1.165) is 29.5 Å². The number of amides is 1. The number of hydrogen-bond acceptors (Lipinski definition) is 5. The smallest absolute Gasteiger partial charge is 0.281 e. The monoisotopic (exact) mass is 361 g/mol. The molecule has 2 aromatic heterocycles. The van der Waals surface area contributed by atoms with Crippen molar-refractivity contribution in [2.24, 2.45) is 16.6 Å². The van der Waals surface area contributed by atoms with Gasteiger partial charge in [-0.05, 0) is 29.9 Å². The molecule has 1 unspecified atom stereocenters. The molecule has 0 spiro atoms. The Morgan fingerprint density at radius 2 is 1.81 bits per heavy atom. The summed E-state index contributed by atoms with van der Waals surface area (Å²) in [7, 11) is 0. The lowest BCUT2D eigenvalue weighted by molar-refractivity contribution is 0.100. The van der Waals surface area contributed by atoms with Crippen LogP contribution in [0.2, 0.25) is 0 Å². The topological polar surface area (TPSA) is 136 Å². The van der Waals surface area contributed by atoms with Crippen molar-refractivity contribution in [3.8, 4) is 11.1 Å². The highest BCUT2D eigenvalue weighted by Gasteiger charge is 2.35. The second-order valence-electron chi connectivity index (χ2n) is 6.60. The fourth-order valence-electron chi connectivity index (χ4n) is 3.10. The molecule has 4 rings (SSSR count). The molecule has 0 saturated heterocycles. The first-order valence-corrected chi connectivity index (χ1v) is 8.67. The van der Waals surface area contributed by atoms with Crippen molar-refractivity contribution in [3.05, 3.63) is 60.2 Å². The number of hydrogen-bond donors (Lipinski definition) is 3. The van der Waals surface area contributed by atoms with Gasteiger partial charge in [0.15, 0.2) is 0 Å². The van der Waals surface area contributed by atoms with Crippen molar-refractivity contribution in [1.29, 1.82) is 0 Å². The third-order valence-corrected chi connectivity index (χ3v) is 4.66. The second kappa shape index (κ2) is 6.99. The first kappa shape index (κ1) is 16.9.